The summed E-state index contributed by atoms with van der Waals surface area (Å²) in [5.41, 5.74) is 2.06. The zero-order valence-electron chi connectivity index (χ0n) is 14.2. The highest BCUT2D eigenvalue weighted by molar-refractivity contribution is 5.94. The van der Waals surface area contributed by atoms with Crippen molar-refractivity contribution in [1.82, 2.24) is 29.8 Å². The van der Waals surface area contributed by atoms with Crippen LogP contribution in [0.3, 0.4) is 0 Å². The number of aromatic nitrogens is 4. The van der Waals surface area contributed by atoms with Gasteiger partial charge in [0.25, 0.3) is 5.91 Å². The maximum absolute atomic E-state index is 12.4. The lowest BCUT2D eigenvalue weighted by molar-refractivity contribution is 0.0950. The predicted molar refractivity (Wildman–Crippen MR) is 92.4 cm³/mol. The van der Waals surface area contributed by atoms with Gasteiger partial charge in [0.2, 0.25) is 5.88 Å². The minimum absolute atomic E-state index is 0.182. The van der Waals surface area contributed by atoms with Gasteiger partial charge in [-0.15, -0.1) is 10.2 Å². The van der Waals surface area contributed by atoms with Crippen molar-refractivity contribution in [2.24, 2.45) is 0 Å². The van der Waals surface area contributed by atoms with Crippen molar-refractivity contribution in [3.05, 3.63) is 54.1 Å². The van der Waals surface area contributed by atoms with Crippen molar-refractivity contribution in [2.75, 3.05) is 27.2 Å². The number of rotatable bonds is 7. The van der Waals surface area contributed by atoms with E-state index in [-0.39, 0.29) is 5.91 Å². The normalized spacial score (nSPS) is 11.0. The Morgan fingerprint density at radius 2 is 2.20 bits per heavy atom. The van der Waals surface area contributed by atoms with E-state index in [2.05, 4.69) is 20.5 Å². The lowest BCUT2D eigenvalue weighted by Crippen LogP contribution is -2.24. The van der Waals surface area contributed by atoms with Gasteiger partial charge < -0.3 is 15.0 Å². The summed E-state index contributed by atoms with van der Waals surface area (Å²) in [6.45, 7) is 1.67. The molecule has 3 rings (SSSR count). The molecule has 0 aliphatic heterocycles. The molecule has 3 heterocycles. The Bertz CT molecular complexity index is 861. The van der Waals surface area contributed by atoms with E-state index < -0.39 is 0 Å². The van der Waals surface area contributed by atoms with Crippen LogP contribution in [-0.2, 0) is 6.54 Å². The van der Waals surface area contributed by atoms with Gasteiger partial charge in [-0.25, -0.2) is 4.98 Å². The fourth-order valence-electron chi connectivity index (χ4n) is 2.25. The van der Waals surface area contributed by atoms with Crippen molar-refractivity contribution in [3.8, 4) is 5.88 Å². The predicted octanol–water partition coefficient (Wildman–Crippen LogP) is 0.995. The summed E-state index contributed by atoms with van der Waals surface area (Å²) >= 11 is 0. The van der Waals surface area contributed by atoms with E-state index in [4.69, 9.17) is 4.74 Å². The molecule has 1 N–H and O–H groups in total. The lowest BCUT2D eigenvalue weighted by atomic mass is 10.2. The van der Waals surface area contributed by atoms with Gasteiger partial charge in [0, 0.05) is 31.0 Å². The second-order valence-corrected chi connectivity index (χ2v) is 5.82. The van der Waals surface area contributed by atoms with E-state index in [1.807, 2.05) is 31.1 Å². The number of amides is 1. The third-order valence-corrected chi connectivity index (χ3v) is 3.62. The van der Waals surface area contributed by atoms with Crippen LogP contribution in [0.25, 0.3) is 5.65 Å². The van der Waals surface area contributed by atoms with Gasteiger partial charge in [0.15, 0.2) is 5.65 Å². The highest BCUT2D eigenvalue weighted by atomic mass is 16.5. The summed E-state index contributed by atoms with van der Waals surface area (Å²) < 4.78 is 7.41. The van der Waals surface area contributed by atoms with Crippen molar-refractivity contribution in [2.45, 2.75) is 6.54 Å². The highest BCUT2D eigenvalue weighted by Gasteiger charge is 2.10. The maximum Gasteiger partial charge on any atom is 0.253 e. The minimum Gasteiger partial charge on any atom is -0.476 e. The maximum atomic E-state index is 12.4. The molecule has 0 atom stereocenters. The molecular formula is C17H20N6O2. The molecule has 8 heteroatoms. The van der Waals surface area contributed by atoms with Crippen molar-refractivity contribution in [1.29, 1.82) is 0 Å². The second kappa shape index (κ2) is 7.71. The van der Waals surface area contributed by atoms with Gasteiger partial charge >= 0.3 is 0 Å². The number of carbonyl (C=O) groups excluding carboxylic acids is 1. The molecule has 0 aliphatic rings. The number of likely N-dealkylation sites (N-methyl/N-ethyl adjacent to an activating group) is 1. The van der Waals surface area contributed by atoms with Crippen LogP contribution in [0, 0.1) is 0 Å². The summed E-state index contributed by atoms with van der Waals surface area (Å²) in [5, 5.41) is 10.6. The zero-order valence-corrected chi connectivity index (χ0v) is 14.2. The average molecular weight is 340 g/mol. The van der Waals surface area contributed by atoms with Gasteiger partial charge in [-0.2, -0.15) is 0 Å². The molecule has 0 saturated carbocycles. The van der Waals surface area contributed by atoms with Crippen LogP contribution in [0.4, 0.5) is 0 Å². The van der Waals surface area contributed by atoms with E-state index in [0.29, 0.717) is 30.2 Å². The van der Waals surface area contributed by atoms with E-state index in [1.165, 1.54) is 0 Å². The molecule has 0 aliphatic carbocycles. The van der Waals surface area contributed by atoms with Crippen molar-refractivity contribution >= 4 is 11.6 Å². The van der Waals surface area contributed by atoms with Crippen LogP contribution in [0.1, 0.15) is 15.9 Å². The molecule has 0 aromatic carbocycles. The van der Waals surface area contributed by atoms with Crippen LogP contribution in [0.2, 0.25) is 0 Å². The minimum atomic E-state index is -0.182. The molecule has 0 radical (unpaired) electrons. The number of hydrogen-bond acceptors (Lipinski definition) is 6. The van der Waals surface area contributed by atoms with Crippen LogP contribution < -0.4 is 10.1 Å². The summed E-state index contributed by atoms with van der Waals surface area (Å²) in [7, 11) is 3.96. The van der Waals surface area contributed by atoms with Crippen LogP contribution in [0.5, 0.6) is 5.88 Å². The quantitative estimate of drug-likeness (QED) is 0.691. The van der Waals surface area contributed by atoms with Crippen LogP contribution in [-0.4, -0.2) is 57.6 Å². The number of pyridine rings is 2. The standard InChI is InChI=1S/C17H20N6O2/c1-22(2)8-9-25-17-13(4-3-7-18-17)10-19-16(24)14-5-6-15-21-20-12-23(15)11-14/h3-7,11-12H,8-10H2,1-2H3,(H,19,24). The first-order valence-electron chi connectivity index (χ1n) is 7.92. The van der Waals surface area contributed by atoms with E-state index in [1.54, 1.807) is 35.3 Å². The molecule has 0 saturated heterocycles. The molecule has 8 nitrogen and oxygen atoms in total. The van der Waals surface area contributed by atoms with Crippen LogP contribution >= 0.6 is 0 Å². The first-order valence-corrected chi connectivity index (χ1v) is 7.92. The molecule has 0 bridgehead atoms. The molecule has 130 valence electrons. The van der Waals surface area contributed by atoms with E-state index >= 15 is 0 Å². The summed E-state index contributed by atoms with van der Waals surface area (Å²) in [5.74, 6) is 0.359. The van der Waals surface area contributed by atoms with Gasteiger partial charge in [-0.05, 0) is 32.3 Å². The van der Waals surface area contributed by atoms with Gasteiger partial charge in [-0.3, -0.25) is 9.20 Å². The molecule has 25 heavy (non-hydrogen) atoms. The number of fused-ring (bicyclic) bond motifs is 1. The molecule has 0 spiro atoms. The number of hydrogen-bond donors (Lipinski definition) is 1. The largest absolute Gasteiger partial charge is 0.476 e. The second-order valence-electron chi connectivity index (χ2n) is 5.82. The molecule has 3 aromatic rings. The fraction of sp³-hybridized carbons (Fsp3) is 0.294. The zero-order chi connectivity index (χ0) is 17.6. The number of ether oxygens (including phenoxy) is 1. The molecule has 0 unspecified atom stereocenters. The van der Waals surface area contributed by atoms with Gasteiger partial charge in [0.05, 0.1) is 5.56 Å². The lowest BCUT2D eigenvalue weighted by Gasteiger charge is -2.13. The van der Waals surface area contributed by atoms with E-state index in [0.717, 1.165) is 12.1 Å². The van der Waals surface area contributed by atoms with Crippen molar-refractivity contribution in [3.63, 3.8) is 0 Å². The van der Waals surface area contributed by atoms with Gasteiger partial charge in [-0.1, -0.05) is 6.07 Å². The third kappa shape index (κ3) is 4.30. The first-order chi connectivity index (χ1) is 12.1. The summed E-state index contributed by atoms with van der Waals surface area (Å²) in [6.07, 6.45) is 4.93. The summed E-state index contributed by atoms with van der Waals surface area (Å²) in [6, 6.07) is 7.18. The summed E-state index contributed by atoms with van der Waals surface area (Å²) in [4.78, 5) is 18.6. The Kier molecular flexibility index (Phi) is 5.20. The average Bonchev–Trinajstić information content (AvgIpc) is 3.08. The van der Waals surface area contributed by atoms with Crippen LogP contribution in [0.15, 0.2) is 43.0 Å². The topological polar surface area (TPSA) is 84.6 Å². The Morgan fingerprint density at radius 1 is 1.32 bits per heavy atom. The van der Waals surface area contributed by atoms with Crippen molar-refractivity contribution < 1.29 is 9.53 Å². The third-order valence-electron chi connectivity index (χ3n) is 3.62. The molecule has 3 aromatic heterocycles. The number of nitrogens with one attached hydrogen (secondary N) is 1. The SMILES string of the molecule is CN(C)CCOc1ncccc1CNC(=O)c1ccc2nncn2c1. The molecule has 1 amide bonds. The highest BCUT2D eigenvalue weighted by Crippen LogP contribution is 2.14. The fourth-order valence-corrected chi connectivity index (χ4v) is 2.25. The monoisotopic (exact) mass is 340 g/mol. The Hall–Kier alpha value is -3.00. The first kappa shape index (κ1) is 16.8. The number of nitrogens with zero attached hydrogens (tertiary/aromatic N) is 5. The molecular weight excluding hydrogens is 320 g/mol. The Balaban J connectivity index is 1.63. The Morgan fingerprint density at radius 3 is 3.04 bits per heavy atom. The van der Waals surface area contributed by atoms with Gasteiger partial charge in [0.1, 0.15) is 12.9 Å². The smallest absolute Gasteiger partial charge is 0.253 e. The van der Waals surface area contributed by atoms with E-state index in [9.17, 15) is 4.79 Å². The number of carbonyl (C=O) groups is 1. The Labute approximate surface area is 145 Å². The molecule has 0 fully saturated rings.